The van der Waals surface area contributed by atoms with Crippen LogP contribution in [0.2, 0.25) is 0 Å². The van der Waals surface area contributed by atoms with E-state index < -0.39 is 5.82 Å². The summed E-state index contributed by atoms with van der Waals surface area (Å²) in [5.74, 6) is 5.62. The number of halogens is 1. The summed E-state index contributed by atoms with van der Waals surface area (Å²) in [6.45, 7) is 8.22. The molecule has 7 heteroatoms. The summed E-state index contributed by atoms with van der Waals surface area (Å²) in [5, 5.41) is 0. The Kier molecular flexibility index (Phi) is 8.99. The Balaban J connectivity index is 1.57. The SMILES string of the molecule is CCc1ccc(C#Cc2c(-c3ccc(C(=O)N4CCN(CCOC)CC4)c(F)c3)ccnc2CC)cn1. The lowest BCUT2D eigenvalue weighted by Gasteiger charge is -2.34. The molecule has 1 aliphatic heterocycles. The number of methoxy groups -OCH3 is 1. The average Bonchev–Trinajstić information content (AvgIpc) is 2.95. The second-order valence-corrected chi connectivity index (χ2v) is 9.00. The molecule has 37 heavy (non-hydrogen) atoms. The predicted molar refractivity (Wildman–Crippen MR) is 143 cm³/mol. The van der Waals surface area contributed by atoms with Crippen molar-refractivity contribution in [2.75, 3.05) is 46.4 Å². The van der Waals surface area contributed by atoms with E-state index in [1.165, 1.54) is 6.07 Å². The van der Waals surface area contributed by atoms with Gasteiger partial charge in [-0.15, -0.1) is 0 Å². The standard InChI is InChI=1S/C30H33FN4O2/c1-4-24-9-6-22(21-33-24)7-10-26-25(12-13-32-29(26)5-2)23-8-11-27(28(31)20-23)30(36)35-16-14-34(15-17-35)18-19-37-3/h6,8-9,11-13,20-21H,4-5,14-19H2,1-3H3. The van der Waals surface area contributed by atoms with E-state index in [1.807, 2.05) is 25.1 Å². The molecule has 0 spiro atoms. The molecule has 2 aromatic heterocycles. The third-order valence-corrected chi connectivity index (χ3v) is 6.66. The lowest BCUT2D eigenvalue weighted by Crippen LogP contribution is -2.49. The summed E-state index contributed by atoms with van der Waals surface area (Å²) in [4.78, 5) is 25.9. The van der Waals surface area contributed by atoms with Crippen LogP contribution in [-0.2, 0) is 17.6 Å². The van der Waals surface area contributed by atoms with Crippen LogP contribution in [0.4, 0.5) is 4.39 Å². The number of piperazine rings is 1. The number of pyridine rings is 2. The molecule has 0 radical (unpaired) electrons. The van der Waals surface area contributed by atoms with Gasteiger partial charge in [-0.2, -0.15) is 0 Å². The van der Waals surface area contributed by atoms with Crippen molar-refractivity contribution in [1.29, 1.82) is 0 Å². The van der Waals surface area contributed by atoms with Gasteiger partial charge in [0.1, 0.15) is 5.82 Å². The Labute approximate surface area is 218 Å². The summed E-state index contributed by atoms with van der Waals surface area (Å²) < 4.78 is 20.4. The van der Waals surface area contributed by atoms with Gasteiger partial charge in [-0.05, 0) is 48.7 Å². The van der Waals surface area contributed by atoms with Gasteiger partial charge in [0.05, 0.1) is 23.4 Å². The number of aromatic nitrogens is 2. The largest absolute Gasteiger partial charge is 0.383 e. The third kappa shape index (κ3) is 6.40. The normalized spacial score (nSPS) is 13.8. The van der Waals surface area contributed by atoms with Crippen LogP contribution in [0.1, 0.15) is 46.7 Å². The Bertz CT molecular complexity index is 1290. The molecule has 0 aliphatic carbocycles. The first-order valence-electron chi connectivity index (χ1n) is 12.8. The Hall–Kier alpha value is -3.60. The lowest BCUT2D eigenvalue weighted by molar-refractivity contribution is 0.0590. The van der Waals surface area contributed by atoms with Crippen molar-refractivity contribution in [1.82, 2.24) is 19.8 Å². The first-order chi connectivity index (χ1) is 18.0. The molecule has 1 amide bonds. The van der Waals surface area contributed by atoms with E-state index in [1.54, 1.807) is 36.5 Å². The predicted octanol–water partition coefficient (Wildman–Crippen LogP) is 4.21. The second kappa shape index (κ2) is 12.6. The van der Waals surface area contributed by atoms with Gasteiger partial charge in [0.2, 0.25) is 0 Å². The molecule has 3 heterocycles. The van der Waals surface area contributed by atoms with Crippen molar-refractivity contribution in [2.24, 2.45) is 0 Å². The van der Waals surface area contributed by atoms with Gasteiger partial charge in [-0.3, -0.25) is 19.7 Å². The van der Waals surface area contributed by atoms with E-state index in [2.05, 4.69) is 33.6 Å². The van der Waals surface area contributed by atoms with E-state index in [0.717, 1.165) is 54.1 Å². The molecule has 192 valence electrons. The first kappa shape index (κ1) is 26.5. The van der Waals surface area contributed by atoms with Crippen molar-refractivity contribution in [3.63, 3.8) is 0 Å². The summed E-state index contributed by atoms with van der Waals surface area (Å²) in [6, 6.07) is 10.6. The highest BCUT2D eigenvalue weighted by atomic mass is 19.1. The molecule has 1 aromatic carbocycles. The van der Waals surface area contributed by atoms with E-state index in [0.29, 0.717) is 31.7 Å². The fourth-order valence-electron chi connectivity index (χ4n) is 4.42. The monoisotopic (exact) mass is 500 g/mol. The van der Waals surface area contributed by atoms with E-state index >= 15 is 4.39 Å². The number of ether oxygens (including phenoxy) is 1. The second-order valence-electron chi connectivity index (χ2n) is 9.00. The zero-order valence-electron chi connectivity index (χ0n) is 21.8. The zero-order chi connectivity index (χ0) is 26.2. The van der Waals surface area contributed by atoms with Crippen LogP contribution in [0.25, 0.3) is 11.1 Å². The number of benzene rings is 1. The van der Waals surface area contributed by atoms with Crippen LogP contribution < -0.4 is 0 Å². The maximum Gasteiger partial charge on any atom is 0.256 e. The van der Waals surface area contributed by atoms with Crippen LogP contribution in [0, 0.1) is 17.7 Å². The van der Waals surface area contributed by atoms with Crippen molar-refractivity contribution < 1.29 is 13.9 Å². The topological polar surface area (TPSA) is 58.6 Å². The molecule has 0 saturated carbocycles. The number of aryl methyl sites for hydroxylation is 2. The molecular formula is C30H33FN4O2. The summed E-state index contributed by atoms with van der Waals surface area (Å²) in [6.07, 6.45) is 5.05. The van der Waals surface area contributed by atoms with Gasteiger partial charge >= 0.3 is 0 Å². The van der Waals surface area contributed by atoms with E-state index in [-0.39, 0.29) is 11.5 Å². The molecule has 1 saturated heterocycles. The molecule has 3 aromatic rings. The van der Waals surface area contributed by atoms with Gasteiger partial charge < -0.3 is 9.64 Å². The highest BCUT2D eigenvalue weighted by Crippen LogP contribution is 2.27. The minimum atomic E-state index is -0.530. The summed E-state index contributed by atoms with van der Waals surface area (Å²) in [7, 11) is 1.68. The molecular weight excluding hydrogens is 467 g/mol. The van der Waals surface area contributed by atoms with E-state index in [4.69, 9.17) is 4.74 Å². The van der Waals surface area contributed by atoms with Crippen LogP contribution in [0.5, 0.6) is 0 Å². The van der Waals surface area contributed by atoms with Gasteiger partial charge in [0.25, 0.3) is 5.91 Å². The molecule has 1 fully saturated rings. The first-order valence-corrected chi connectivity index (χ1v) is 12.8. The van der Waals surface area contributed by atoms with E-state index in [9.17, 15) is 4.79 Å². The number of nitrogens with zero attached hydrogens (tertiary/aromatic N) is 4. The number of carbonyl (C=O) groups is 1. The summed E-state index contributed by atoms with van der Waals surface area (Å²) in [5.41, 5.74) is 4.98. The zero-order valence-corrected chi connectivity index (χ0v) is 21.8. The average molecular weight is 501 g/mol. The van der Waals surface area contributed by atoms with Crippen LogP contribution in [0.15, 0.2) is 48.8 Å². The molecule has 6 nitrogen and oxygen atoms in total. The molecule has 1 aliphatic rings. The van der Waals surface area contributed by atoms with Crippen molar-refractivity contribution in [3.05, 3.63) is 82.7 Å². The van der Waals surface area contributed by atoms with Gasteiger partial charge in [-0.1, -0.05) is 31.8 Å². The van der Waals surface area contributed by atoms with Crippen molar-refractivity contribution in [3.8, 4) is 23.0 Å². The van der Waals surface area contributed by atoms with Crippen molar-refractivity contribution >= 4 is 5.91 Å². The van der Waals surface area contributed by atoms with Gasteiger partial charge in [-0.25, -0.2) is 4.39 Å². The molecule has 0 bridgehead atoms. The van der Waals surface area contributed by atoms with Gasteiger partial charge in [0, 0.05) is 69.0 Å². The van der Waals surface area contributed by atoms with Crippen molar-refractivity contribution in [2.45, 2.75) is 26.7 Å². The molecule has 0 atom stereocenters. The fraction of sp³-hybridized carbons (Fsp3) is 0.367. The third-order valence-electron chi connectivity index (χ3n) is 6.66. The number of amides is 1. The van der Waals surface area contributed by atoms with Crippen LogP contribution in [0.3, 0.4) is 0 Å². The van der Waals surface area contributed by atoms with Crippen LogP contribution >= 0.6 is 0 Å². The number of hydrogen-bond donors (Lipinski definition) is 0. The number of carbonyl (C=O) groups excluding carboxylic acids is 1. The smallest absolute Gasteiger partial charge is 0.256 e. The highest BCUT2D eigenvalue weighted by Gasteiger charge is 2.24. The minimum Gasteiger partial charge on any atom is -0.383 e. The lowest BCUT2D eigenvalue weighted by atomic mass is 9.96. The Morgan fingerprint density at radius 1 is 1.03 bits per heavy atom. The summed E-state index contributed by atoms with van der Waals surface area (Å²) >= 11 is 0. The molecule has 0 N–H and O–H groups in total. The maximum absolute atomic E-state index is 15.3. The maximum atomic E-state index is 15.3. The molecule has 4 rings (SSSR count). The number of rotatable bonds is 7. The Morgan fingerprint density at radius 3 is 2.49 bits per heavy atom. The molecule has 0 unspecified atom stereocenters. The Morgan fingerprint density at radius 2 is 1.84 bits per heavy atom. The minimum absolute atomic E-state index is 0.0913. The highest BCUT2D eigenvalue weighted by molar-refractivity contribution is 5.95. The quantitative estimate of drug-likeness (QED) is 0.455. The van der Waals surface area contributed by atoms with Crippen LogP contribution in [-0.4, -0.2) is 72.1 Å². The van der Waals surface area contributed by atoms with Gasteiger partial charge in [0.15, 0.2) is 0 Å². The fourth-order valence-corrected chi connectivity index (χ4v) is 4.42. The number of hydrogen-bond acceptors (Lipinski definition) is 5.